The Labute approximate surface area is 148 Å². The Morgan fingerprint density at radius 3 is 2.67 bits per heavy atom. The molecule has 1 amide bonds. The van der Waals surface area contributed by atoms with Gasteiger partial charge in [-0.2, -0.15) is 5.26 Å². The Balaban J connectivity index is 2.00. The van der Waals surface area contributed by atoms with Gasteiger partial charge < -0.3 is 9.64 Å². The summed E-state index contributed by atoms with van der Waals surface area (Å²) in [6.45, 7) is -0.484. The van der Waals surface area contributed by atoms with Crippen molar-refractivity contribution in [2.45, 2.75) is 37.6 Å². The molecule has 1 fully saturated rings. The number of hydrogen-bond donors (Lipinski definition) is 0. The van der Waals surface area contributed by atoms with Crippen molar-refractivity contribution < 1.29 is 18.7 Å². The summed E-state index contributed by atoms with van der Waals surface area (Å²) >= 11 is 3.14. The number of likely N-dealkylation sites (N-methyl/N-ethyl adjacent to an activating group) is 1. The highest BCUT2D eigenvalue weighted by molar-refractivity contribution is 9.10. The molecule has 0 bridgehead atoms. The van der Waals surface area contributed by atoms with E-state index < -0.39 is 29.8 Å². The summed E-state index contributed by atoms with van der Waals surface area (Å²) in [6.07, 6.45) is 4.07. The van der Waals surface area contributed by atoms with Crippen molar-refractivity contribution in [2.24, 2.45) is 0 Å². The van der Waals surface area contributed by atoms with E-state index in [-0.39, 0.29) is 5.56 Å². The maximum Gasteiger partial charge on any atom is 0.339 e. The van der Waals surface area contributed by atoms with Crippen LogP contribution >= 0.6 is 15.9 Å². The molecule has 1 aliphatic rings. The summed E-state index contributed by atoms with van der Waals surface area (Å²) in [5.74, 6) is -1.81. The number of hydrogen-bond acceptors (Lipinski definition) is 4. The van der Waals surface area contributed by atoms with E-state index in [0.717, 1.165) is 25.3 Å². The fourth-order valence-corrected chi connectivity index (χ4v) is 3.26. The van der Waals surface area contributed by atoms with Crippen molar-refractivity contribution in [3.05, 3.63) is 34.1 Å². The van der Waals surface area contributed by atoms with Gasteiger partial charge in [-0.1, -0.05) is 19.3 Å². The highest BCUT2D eigenvalue weighted by Crippen LogP contribution is 2.32. The lowest BCUT2D eigenvalue weighted by atomic mass is 9.81. The minimum Gasteiger partial charge on any atom is -0.452 e. The topological polar surface area (TPSA) is 70.4 Å². The van der Waals surface area contributed by atoms with Gasteiger partial charge in [-0.15, -0.1) is 0 Å². The maximum absolute atomic E-state index is 13.2. The number of carbonyl (C=O) groups excluding carboxylic acids is 2. The number of amides is 1. The smallest absolute Gasteiger partial charge is 0.339 e. The first-order valence-electron chi connectivity index (χ1n) is 7.70. The molecule has 0 N–H and O–H groups in total. The Bertz CT molecular complexity index is 681. The normalized spacial score (nSPS) is 16.1. The quantitative estimate of drug-likeness (QED) is 0.730. The molecule has 0 aromatic heterocycles. The van der Waals surface area contributed by atoms with Crippen LogP contribution in [0.15, 0.2) is 22.7 Å². The van der Waals surface area contributed by atoms with E-state index in [1.54, 1.807) is 7.05 Å². The van der Waals surface area contributed by atoms with Crippen LogP contribution in [0.5, 0.6) is 0 Å². The van der Waals surface area contributed by atoms with E-state index >= 15 is 0 Å². The Hall–Kier alpha value is -1.94. The fourth-order valence-electron chi connectivity index (χ4n) is 2.85. The van der Waals surface area contributed by atoms with Crippen molar-refractivity contribution in [3.8, 4) is 6.07 Å². The van der Waals surface area contributed by atoms with Crippen molar-refractivity contribution in [1.82, 2.24) is 4.90 Å². The molecule has 1 aromatic carbocycles. The lowest BCUT2D eigenvalue weighted by Crippen LogP contribution is -2.51. The molecule has 0 aliphatic heterocycles. The molecule has 0 radical (unpaired) electrons. The molecule has 0 spiro atoms. The van der Waals surface area contributed by atoms with E-state index in [0.29, 0.717) is 17.3 Å². The van der Waals surface area contributed by atoms with Crippen molar-refractivity contribution in [1.29, 1.82) is 5.26 Å². The summed E-state index contributed by atoms with van der Waals surface area (Å²) in [4.78, 5) is 25.7. The first kappa shape index (κ1) is 18.4. The number of carbonyl (C=O) groups is 2. The van der Waals surface area contributed by atoms with Crippen LogP contribution in [0.3, 0.4) is 0 Å². The lowest BCUT2D eigenvalue weighted by Gasteiger charge is -2.38. The predicted molar refractivity (Wildman–Crippen MR) is 88.6 cm³/mol. The number of ether oxygens (including phenoxy) is 1. The van der Waals surface area contributed by atoms with Gasteiger partial charge in [0.25, 0.3) is 5.91 Å². The van der Waals surface area contributed by atoms with Gasteiger partial charge in [0.1, 0.15) is 11.4 Å². The lowest BCUT2D eigenvalue weighted by molar-refractivity contribution is -0.138. The van der Waals surface area contributed by atoms with Gasteiger partial charge >= 0.3 is 5.97 Å². The maximum atomic E-state index is 13.2. The molecule has 0 heterocycles. The third-order valence-electron chi connectivity index (χ3n) is 4.38. The molecule has 0 saturated heterocycles. The molecular weight excluding hydrogens is 379 g/mol. The summed E-state index contributed by atoms with van der Waals surface area (Å²) < 4.78 is 18.6. The minimum absolute atomic E-state index is 0.0121. The summed E-state index contributed by atoms with van der Waals surface area (Å²) in [7, 11) is 1.56. The van der Waals surface area contributed by atoms with Crippen LogP contribution in [0.4, 0.5) is 4.39 Å². The first-order valence-corrected chi connectivity index (χ1v) is 8.49. The van der Waals surface area contributed by atoms with E-state index in [4.69, 9.17) is 4.74 Å². The average molecular weight is 397 g/mol. The average Bonchev–Trinajstić information content (AvgIpc) is 2.61. The van der Waals surface area contributed by atoms with E-state index in [1.807, 2.05) is 0 Å². The zero-order valence-corrected chi connectivity index (χ0v) is 14.9. The van der Waals surface area contributed by atoms with Crippen molar-refractivity contribution in [2.75, 3.05) is 13.7 Å². The molecule has 0 atom stereocenters. The molecule has 128 valence electrons. The number of rotatable bonds is 4. The summed E-state index contributed by atoms with van der Waals surface area (Å²) in [5.41, 5.74) is -0.820. The number of benzene rings is 1. The highest BCUT2D eigenvalue weighted by atomic mass is 79.9. The Morgan fingerprint density at radius 1 is 1.38 bits per heavy atom. The first-order chi connectivity index (χ1) is 11.4. The number of nitriles is 1. The summed E-state index contributed by atoms with van der Waals surface area (Å²) in [5, 5.41) is 9.48. The molecule has 1 aromatic rings. The summed E-state index contributed by atoms with van der Waals surface area (Å²) in [6, 6.07) is 5.89. The fraction of sp³-hybridized carbons (Fsp3) is 0.471. The molecule has 24 heavy (non-hydrogen) atoms. The van der Waals surface area contributed by atoms with Crippen LogP contribution in [-0.2, 0) is 9.53 Å². The molecule has 1 aliphatic carbocycles. The third kappa shape index (κ3) is 3.93. The predicted octanol–water partition coefficient (Wildman–Crippen LogP) is 3.43. The van der Waals surface area contributed by atoms with Gasteiger partial charge in [0.05, 0.1) is 11.6 Å². The Morgan fingerprint density at radius 2 is 2.04 bits per heavy atom. The second-order valence-electron chi connectivity index (χ2n) is 5.86. The van der Waals surface area contributed by atoms with Crippen LogP contribution in [0.1, 0.15) is 42.5 Å². The number of nitrogens with zero attached hydrogens (tertiary/aromatic N) is 2. The van der Waals surface area contributed by atoms with E-state index in [1.165, 1.54) is 17.0 Å². The second kappa shape index (κ2) is 7.75. The second-order valence-corrected chi connectivity index (χ2v) is 6.71. The van der Waals surface area contributed by atoms with Crippen LogP contribution < -0.4 is 0 Å². The molecule has 2 rings (SSSR count). The van der Waals surface area contributed by atoms with Gasteiger partial charge in [-0.05, 0) is 47.0 Å². The van der Waals surface area contributed by atoms with Crippen molar-refractivity contribution >= 4 is 27.8 Å². The molecule has 7 heteroatoms. The molecule has 5 nitrogen and oxygen atoms in total. The monoisotopic (exact) mass is 396 g/mol. The van der Waals surface area contributed by atoms with Crippen LogP contribution in [0, 0.1) is 17.1 Å². The van der Waals surface area contributed by atoms with Gasteiger partial charge in [0.15, 0.2) is 6.61 Å². The highest BCUT2D eigenvalue weighted by Gasteiger charge is 2.39. The standard InChI is InChI=1S/C17H18BrFN2O3/c1-21(17(11-20)7-3-2-4-8-17)15(22)10-24-16(23)13-9-12(19)5-6-14(13)18/h5-6,9H,2-4,7-8,10H2,1H3. The van der Waals surface area contributed by atoms with Crippen LogP contribution in [0.25, 0.3) is 0 Å². The number of halogens is 2. The van der Waals surface area contributed by atoms with E-state index in [9.17, 15) is 19.2 Å². The molecular formula is C17H18BrFN2O3. The van der Waals surface area contributed by atoms with Gasteiger partial charge in [-0.3, -0.25) is 4.79 Å². The number of esters is 1. The SMILES string of the molecule is CN(C(=O)COC(=O)c1cc(F)ccc1Br)C1(C#N)CCCCC1. The molecule has 0 unspecified atom stereocenters. The van der Waals surface area contributed by atoms with Crippen LogP contribution in [-0.4, -0.2) is 36.0 Å². The van der Waals surface area contributed by atoms with Gasteiger partial charge in [0.2, 0.25) is 0 Å². The third-order valence-corrected chi connectivity index (χ3v) is 5.07. The van der Waals surface area contributed by atoms with Crippen molar-refractivity contribution in [3.63, 3.8) is 0 Å². The zero-order chi connectivity index (χ0) is 17.7. The van der Waals surface area contributed by atoms with Gasteiger partial charge in [-0.25, -0.2) is 9.18 Å². The minimum atomic E-state index is -0.832. The van der Waals surface area contributed by atoms with Crippen LogP contribution in [0.2, 0.25) is 0 Å². The van der Waals surface area contributed by atoms with E-state index in [2.05, 4.69) is 22.0 Å². The van der Waals surface area contributed by atoms with Gasteiger partial charge in [0, 0.05) is 11.5 Å². The zero-order valence-electron chi connectivity index (χ0n) is 13.3. The Kier molecular flexibility index (Phi) is 5.94. The molecule has 1 saturated carbocycles. The largest absolute Gasteiger partial charge is 0.452 e.